The van der Waals surface area contributed by atoms with Crippen molar-refractivity contribution >= 4 is 5.78 Å². The lowest BCUT2D eigenvalue weighted by atomic mass is 10.1. The van der Waals surface area contributed by atoms with Crippen molar-refractivity contribution in [1.29, 1.82) is 0 Å². The number of Topliss-reactive ketones (excluding diaryl/α,β-unsaturated/α-hetero) is 1. The third-order valence-electron chi connectivity index (χ3n) is 1.30. The number of allylic oxidation sites excluding steroid dienone is 1. The number of benzene rings is 1. The van der Waals surface area contributed by atoms with Gasteiger partial charge in [0.05, 0.1) is 0 Å². The Hall–Kier alpha value is -1.37. The van der Waals surface area contributed by atoms with E-state index in [-0.39, 0.29) is 13.2 Å². The number of carbonyl (C=O) groups excluding carboxylic acids is 1. The molecule has 0 aliphatic heterocycles. The maximum atomic E-state index is 10.6. The van der Waals surface area contributed by atoms with Crippen LogP contribution >= 0.6 is 0 Å². The summed E-state index contributed by atoms with van der Waals surface area (Å²) >= 11 is 0. The molecule has 0 unspecified atom stereocenters. The van der Waals surface area contributed by atoms with E-state index in [2.05, 4.69) is 6.58 Å². The summed E-state index contributed by atoms with van der Waals surface area (Å²) in [6, 6.07) is 9.75. The summed E-state index contributed by atoms with van der Waals surface area (Å²) < 4.78 is 0. The largest absolute Gasteiger partial charge is 0.300 e. The zero-order valence-electron chi connectivity index (χ0n) is 10.3. The second-order valence-corrected chi connectivity index (χ2v) is 2.77. The molecule has 16 heavy (non-hydrogen) atoms. The SMILES string of the molecule is C.C=CC.CC.CC(=O)Cc1ccccc1. The van der Waals surface area contributed by atoms with Gasteiger partial charge in [0.25, 0.3) is 0 Å². The highest BCUT2D eigenvalue weighted by atomic mass is 16.1. The van der Waals surface area contributed by atoms with Crippen LogP contribution in [0.3, 0.4) is 0 Å². The van der Waals surface area contributed by atoms with Crippen molar-refractivity contribution in [2.45, 2.75) is 41.5 Å². The summed E-state index contributed by atoms with van der Waals surface area (Å²) in [6.45, 7) is 10.9. The molecule has 0 atom stereocenters. The summed E-state index contributed by atoms with van der Waals surface area (Å²) in [7, 11) is 0. The molecule has 0 spiro atoms. The molecule has 0 N–H and O–H groups in total. The third-order valence-corrected chi connectivity index (χ3v) is 1.30. The predicted octanol–water partition coefficient (Wildman–Crippen LogP) is 4.67. The Balaban J connectivity index is -0.000000246. The second kappa shape index (κ2) is 16.1. The van der Waals surface area contributed by atoms with Crippen LogP contribution in [0.5, 0.6) is 0 Å². The molecule has 0 saturated carbocycles. The number of carbonyl (C=O) groups is 1. The molecule has 1 aromatic carbocycles. The van der Waals surface area contributed by atoms with Crippen LogP contribution in [0.2, 0.25) is 0 Å². The molecule has 0 aromatic heterocycles. The summed E-state index contributed by atoms with van der Waals surface area (Å²) in [5.41, 5.74) is 1.09. The Labute approximate surface area is 101 Å². The molecule has 1 heteroatoms. The van der Waals surface area contributed by atoms with Crippen LogP contribution in [0, 0.1) is 0 Å². The van der Waals surface area contributed by atoms with Gasteiger partial charge >= 0.3 is 0 Å². The van der Waals surface area contributed by atoms with Gasteiger partial charge in [-0.1, -0.05) is 57.7 Å². The monoisotopic (exact) mass is 222 g/mol. The Morgan fingerprint density at radius 3 is 1.94 bits per heavy atom. The molecule has 0 aliphatic carbocycles. The van der Waals surface area contributed by atoms with E-state index in [0.29, 0.717) is 6.42 Å². The van der Waals surface area contributed by atoms with E-state index in [1.807, 2.05) is 51.1 Å². The van der Waals surface area contributed by atoms with E-state index in [1.54, 1.807) is 13.0 Å². The van der Waals surface area contributed by atoms with E-state index >= 15 is 0 Å². The Kier molecular flexibility index (Phi) is 20.2. The lowest BCUT2D eigenvalue weighted by Crippen LogP contribution is -1.94. The van der Waals surface area contributed by atoms with Gasteiger partial charge in [0, 0.05) is 6.42 Å². The maximum Gasteiger partial charge on any atom is 0.134 e. The molecule has 0 heterocycles. The lowest BCUT2D eigenvalue weighted by Gasteiger charge is -1.93. The van der Waals surface area contributed by atoms with Crippen LogP contribution in [0.15, 0.2) is 43.0 Å². The zero-order valence-corrected chi connectivity index (χ0v) is 10.3. The lowest BCUT2D eigenvalue weighted by molar-refractivity contribution is -0.116. The van der Waals surface area contributed by atoms with Crippen molar-refractivity contribution in [3.63, 3.8) is 0 Å². The number of hydrogen-bond acceptors (Lipinski definition) is 1. The van der Waals surface area contributed by atoms with Gasteiger partial charge in [-0.2, -0.15) is 0 Å². The zero-order chi connectivity index (χ0) is 12.1. The number of hydrogen-bond donors (Lipinski definition) is 0. The number of ketones is 1. The van der Waals surface area contributed by atoms with Crippen molar-refractivity contribution in [2.24, 2.45) is 0 Å². The molecule has 92 valence electrons. The quantitative estimate of drug-likeness (QED) is 0.664. The fourth-order valence-electron chi connectivity index (χ4n) is 0.883. The van der Waals surface area contributed by atoms with Gasteiger partial charge in [0.1, 0.15) is 5.78 Å². The summed E-state index contributed by atoms with van der Waals surface area (Å²) in [6.07, 6.45) is 2.31. The van der Waals surface area contributed by atoms with Crippen LogP contribution in [-0.4, -0.2) is 5.78 Å². The van der Waals surface area contributed by atoms with Crippen molar-refractivity contribution in [3.8, 4) is 0 Å². The minimum atomic E-state index is 0. The highest BCUT2D eigenvalue weighted by Gasteiger charge is 1.93. The Morgan fingerprint density at radius 1 is 1.25 bits per heavy atom. The van der Waals surface area contributed by atoms with Gasteiger partial charge in [-0.15, -0.1) is 6.58 Å². The second-order valence-electron chi connectivity index (χ2n) is 2.77. The maximum absolute atomic E-state index is 10.6. The van der Waals surface area contributed by atoms with E-state index < -0.39 is 0 Å². The first kappa shape index (κ1) is 20.1. The molecule has 0 amide bonds. The van der Waals surface area contributed by atoms with E-state index in [0.717, 1.165) is 5.56 Å². The molecule has 0 saturated heterocycles. The van der Waals surface area contributed by atoms with Crippen LogP contribution in [0.4, 0.5) is 0 Å². The molecule has 1 aromatic rings. The molecule has 0 bridgehead atoms. The summed E-state index contributed by atoms with van der Waals surface area (Å²) in [5.74, 6) is 0.214. The molecule has 0 fully saturated rings. The molecule has 1 nitrogen and oxygen atoms in total. The fourth-order valence-corrected chi connectivity index (χ4v) is 0.883. The number of rotatable bonds is 2. The average molecular weight is 222 g/mol. The minimum Gasteiger partial charge on any atom is -0.300 e. The van der Waals surface area contributed by atoms with Crippen LogP contribution < -0.4 is 0 Å². The third kappa shape index (κ3) is 15.1. The Bertz CT molecular complexity index is 249. The van der Waals surface area contributed by atoms with Gasteiger partial charge in [-0.25, -0.2) is 0 Å². The van der Waals surface area contributed by atoms with Crippen molar-refractivity contribution in [3.05, 3.63) is 48.6 Å². The first-order chi connectivity index (χ1) is 7.20. The summed E-state index contributed by atoms with van der Waals surface area (Å²) in [4.78, 5) is 10.6. The fraction of sp³-hybridized carbons (Fsp3) is 0.400. The van der Waals surface area contributed by atoms with E-state index in [4.69, 9.17) is 0 Å². The van der Waals surface area contributed by atoms with Crippen LogP contribution in [-0.2, 0) is 11.2 Å². The smallest absolute Gasteiger partial charge is 0.134 e. The molecular weight excluding hydrogens is 196 g/mol. The van der Waals surface area contributed by atoms with Gasteiger partial charge in [-0.3, -0.25) is 4.79 Å². The van der Waals surface area contributed by atoms with Gasteiger partial charge in [0.2, 0.25) is 0 Å². The van der Waals surface area contributed by atoms with Gasteiger partial charge in [-0.05, 0) is 19.4 Å². The highest BCUT2D eigenvalue weighted by molar-refractivity contribution is 5.78. The highest BCUT2D eigenvalue weighted by Crippen LogP contribution is 1.98. The standard InChI is InChI=1S/C9H10O.C3H6.C2H6.CH4/c1-8(10)7-9-5-3-2-4-6-9;1-3-2;1-2;/h2-6H,7H2,1H3;3H,1H2,2H3;1-2H3;1H4. The summed E-state index contributed by atoms with van der Waals surface area (Å²) in [5, 5.41) is 0. The molecular formula is C15H26O. The molecule has 0 aliphatic rings. The van der Waals surface area contributed by atoms with Gasteiger partial charge in [0.15, 0.2) is 0 Å². The topological polar surface area (TPSA) is 17.1 Å². The van der Waals surface area contributed by atoms with Crippen molar-refractivity contribution < 1.29 is 4.79 Å². The first-order valence-corrected chi connectivity index (χ1v) is 5.31. The predicted molar refractivity (Wildman–Crippen MR) is 74.8 cm³/mol. The van der Waals surface area contributed by atoms with Gasteiger partial charge < -0.3 is 0 Å². The Morgan fingerprint density at radius 2 is 1.62 bits per heavy atom. The van der Waals surface area contributed by atoms with Crippen LogP contribution in [0.1, 0.15) is 40.7 Å². The average Bonchev–Trinajstić information content (AvgIpc) is 2.22. The molecule has 1 rings (SSSR count). The van der Waals surface area contributed by atoms with E-state index in [9.17, 15) is 4.79 Å². The molecule has 0 radical (unpaired) electrons. The normalized spacial score (nSPS) is 7.00. The van der Waals surface area contributed by atoms with Crippen LogP contribution in [0.25, 0.3) is 0 Å². The van der Waals surface area contributed by atoms with Crippen molar-refractivity contribution in [1.82, 2.24) is 0 Å². The van der Waals surface area contributed by atoms with Crippen molar-refractivity contribution in [2.75, 3.05) is 0 Å². The first-order valence-electron chi connectivity index (χ1n) is 5.31. The minimum absolute atomic E-state index is 0. The van der Waals surface area contributed by atoms with E-state index in [1.165, 1.54) is 0 Å².